The molecule has 126 valence electrons. The van der Waals surface area contributed by atoms with Crippen LogP contribution in [-0.4, -0.2) is 6.21 Å². The SMILES string of the molecule is Cc1ccc(N=Cc2cc(Br)ccc2OCc2cccc(F)c2)cc1. The first kappa shape index (κ1) is 17.4. The summed E-state index contributed by atoms with van der Waals surface area (Å²) in [5.74, 6) is 0.432. The van der Waals surface area contributed by atoms with E-state index in [1.807, 2.05) is 55.5 Å². The maximum atomic E-state index is 13.3. The van der Waals surface area contributed by atoms with Gasteiger partial charge in [0.2, 0.25) is 0 Å². The van der Waals surface area contributed by atoms with Crippen LogP contribution in [0.15, 0.2) is 76.2 Å². The van der Waals surface area contributed by atoms with Crippen molar-refractivity contribution in [2.75, 3.05) is 0 Å². The summed E-state index contributed by atoms with van der Waals surface area (Å²) < 4.78 is 20.1. The monoisotopic (exact) mass is 397 g/mol. The molecule has 0 aliphatic carbocycles. The van der Waals surface area contributed by atoms with Gasteiger partial charge in [-0.1, -0.05) is 45.8 Å². The Hall–Kier alpha value is -2.46. The molecule has 3 aromatic carbocycles. The predicted molar refractivity (Wildman–Crippen MR) is 103 cm³/mol. The van der Waals surface area contributed by atoms with E-state index in [0.29, 0.717) is 12.4 Å². The van der Waals surface area contributed by atoms with Crippen LogP contribution in [0.2, 0.25) is 0 Å². The second-order valence-corrected chi connectivity index (χ2v) is 6.61. The van der Waals surface area contributed by atoms with Crippen LogP contribution in [0, 0.1) is 12.7 Å². The predicted octanol–water partition coefficient (Wildman–Crippen LogP) is 6.23. The molecule has 0 spiro atoms. The summed E-state index contributed by atoms with van der Waals surface area (Å²) in [5, 5.41) is 0. The number of nitrogens with zero attached hydrogens (tertiary/aromatic N) is 1. The first-order valence-corrected chi connectivity index (χ1v) is 8.67. The van der Waals surface area contributed by atoms with E-state index in [1.54, 1.807) is 12.3 Å². The summed E-state index contributed by atoms with van der Waals surface area (Å²) in [5.41, 5.74) is 3.71. The molecule has 25 heavy (non-hydrogen) atoms. The van der Waals surface area contributed by atoms with Gasteiger partial charge in [-0.2, -0.15) is 0 Å². The minimum Gasteiger partial charge on any atom is -0.488 e. The van der Waals surface area contributed by atoms with Gasteiger partial charge in [-0.05, 0) is 55.0 Å². The van der Waals surface area contributed by atoms with Gasteiger partial charge in [0.1, 0.15) is 18.2 Å². The van der Waals surface area contributed by atoms with E-state index in [2.05, 4.69) is 20.9 Å². The Kier molecular flexibility index (Phi) is 5.61. The van der Waals surface area contributed by atoms with Crippen LogP contribution in [-0.2, 0) is 6.61 Å². The molecule has 0 saturated heterocycles. The molecule has 0 amide bonds. The zero-order valence-corrected chi connectivity index (χ0v) is 15.3. The molecule has 3 aromatic rings. The molecule has 0 aromatic heterocycles. The van der Waals surface area contributed by atoms with Crippen molar-refractivity contribution in [3.05, 3.63) is 93.7 Å². The zero-order valence-electron chi connectivity index (χ0n) is 13.7. The van der Waals surface area contributed by atoms with Gasteiger partial charge in [0.05, 0.1) is 5.69 Å². The number of ether oxygens (including phenoxy) is 1. The largest absolute Gasteiger partial charge is 0.488 e. The molecule has 0 aliphatic rings. The van der Waals surface area contributed by atoms with Crippen LogP contribution in [0.3, 0.4) is 0 Å². The lowest BCUT2D eigenvalue weighted by Crippen LogP contribution is -1.99. The number of aryl methyl sites for hydroxylation is 1. The van der Waals surface area contributed by atoms with Crippen LogP contribution in [0.5, 0.6) is 5.75 Å². The molecule has 0 saturated carbocycles. The lowest BCUT2D eigenvalue weighted by molar-refractivity contribution is 0.305. The van der Waals surface area contributed by atoms with Crippen LogP contribution in [0.1, 0.15) is 16.7 Å². The van der Waals surface area contributed by atoms with E-state index in [0.717, 1.165) is 21.3 Å². The number of hydrogen-bond donors (Lipinski definition) is 0. The standard InChI is InChI=1S/C21H17BrFNO/c1-15-5-8-20(9-6-15)24-13-17-12-18(22)7-10-21(17)25-14-16-3-2-4-19(23)11-16/h2-13H,14H2,1H3. The van der Waals surface area contributed by atoms with E-state index < -0.39 is 0 Å². The first-order chi connectivity index (χ1) is 12.1. The van der Waals surface area contributed by atoms with Crippen molar-refractivity contribution in [1.29, 1.82) is 0 Å². The van der Waals surface area contributed by atoms with Gasteiger partial charge in [0, 0.05) is 16.3 Å². The quantitative estimate of drug-likeness (QED) is 0.467. The smallest absolute Gasteiger partial charge is 0.128 e. The van der Waals surface area contributed by atoms with E-state index in [4.69, 9.17) is 4.74 Å². The highest BCUT2D eigenvalue weighted by Gasteiger charge is 2.04. The second kappa shape index (κ2) is 8.08. The van der Waals surface area contributed by atoms with E-state index in [1.165, 1.54) is 17.7 Å². The van der Waals surface area contributed by atoms with Gasteiger partial charge < -0.3 is 4.74 Å². The Labute approximate surface area is 155 Å². The summed E-state index contributed by atoms with van der Waals surface area (Å²) in [6.07, 6.45) is 1.77. The van der Waals surface area contributed by atoms with E-state index >= 15 is 0 Å². The molecule has 0 fully saturated rings. The van der Waals surface area contributed by atoms with Crippen molar-refractivity contribution in [2.45, 2.75) is 13.5 Å². The number of rotatable bonds is 5. The van der Waals surface area contributed by atoms with Gasteiger partial charge >= 0.3 is 0 Å². The van der Waals surface area contributed by atoms with E-state index in [9.17, 15) is 4.39 Å². The minimum absolute atomic E-state index is 0.266. The number of benzene rings is 3. The van der Waals surface area contributed by atoms with Crippen molar-refractivity contribution < 1.29 is 9.13 Å². The van der Waals surface area contributed by atoms with Gasteiger partial charge in [-0.25, -0.2) is 4.39 Å². The van der Waals surface area contributed by atoms with E-state index in [-0.39, 0.29) is 5.82 Å². The molecule has 0 aliphatic heterocycles. The van der Waals surface area contributed by atoms with Gasteiger partial charge in [0.15, 0.2) is 0 Å². The molecule has 0 N–H and O–H groups in total. The maximum absolute atomic E-state index is 13.3. The Bertz CT molecular complexity index is 891. The van der Waals surface area contributed by atoms with Crippen molar-refractivity contribution in [1.82, 2.24) is 0 Å². The van der Waals surface area contributed by atoms with Gasteiger partial charge in [-0.3, -0.25) is 4.99 Å². The van der Waals surface area contributed by atoms with Crippen LogP contribution in [0.4, 0.5) is 10.1 Å². The van der Waals surface area contributed by atoms with Crippen LogP contribution in [0.25, 0.3) is 0 Å². The highest BCUT2D eigenvalue weighted by atomic mass is 79.9. The average molecular weight is 398 g/mol. The molecule has 0 heterocycles. The highest BCUT2D eigenvalue weighted by Crippen LogP contribution is 2.24. The fourth-order valence-corrected chi connectivity index (χ4v) is 2.69. The first-order valence-electron chi connectivity index (χ1n) is 7.88. The summed E-state index contributed by atoms with van der Waals surface area (Å²) in [6.45, 7) is 2.34. The lowest BCUT2D eigenvalue weighted by atomic mass is 10.2. The average Bonchev–Trinajstić information content (AvgIpc) is 2.60. The number of aliphatic imine (C=N–C) groups is 1. The Morgan fingerprint density at radius 3 is 2.60 bits per heavy atom. The van der Waals surface area contributed by atoms with Crippen molar-refractivity contribution in [3.63, 3.8) is 0 Å². The van der Waals surface area contributed by atoms with Crippen molar-refractivity contribution >= 4 is 27.8 Å². The zero-order chi connectivity index (χ0) is 17.6. The molecule has 0 atom stereocenters. The van der Waals surface area contributed by atoms with Gasteiger partial charge in [0.25, 0.3) is 0 Å². The molecule has 2 nitrogen and oxygen atoms in total. The Morgan fingerprint density at radius 2 is 1.84 bits per heavy atom. The molecule has 0 radical (unpaired) electrons. The lowest BCUT2D eigenvalue weighted by Gasteiger charge is -2.10. The topological polar surface area (TPSA) is 21.6 Å². The number of hydrogen-bond acceptors (Lipinski definition) is 2. The van der Waals surface area contributed by atoms with Crippen LogP contribution < -0.4 is 4.74 Å². The summed E-state index contributed by atoms with van der Waals surface area (Å²) in [6, 6.07) is 20.1. The molecule has 0 bridgehead atoms. The molecule has 0 unspecified atom stereocenters. The maximum Gasteiger partial charge on any atom is 0.128 e. The molecular formula is C21H17BrFNO. The van der Waals surface area contributed by atoms with Crippen molar-refractivity contribution in [3.8, 4) is 5.75 Å². The van der Waals surface area contributed by atoms with Gasteiger partial charge in [-0.15, -0.1) is 0 Å². The van der Waals surface area contributed by atoms with Crippen LogP contribution >= 0.6 is 15.9 Å². The fraction of sp³-hybridized carbons (Fsp3) is 0.0952. The highest BCUT2D eigenvalue weighted by molar-refractivity contribution is 9.10. The molecular weight excluding hydrogens is 381 g/mol. The Morgan fingerprint density at radius 1 is 1.04 bits per heavy atom. The second-order valence-electron chi connectivity index (χ2n) is 5.69. The summed E-state index contributed by atoms with van der Waals surface area (Å²) >= 11 is 3.47. The third kappa shape index (κ3) is 5.00. The Balaban J connectivity index is 1.79. The molecule has 4 heteroatoms. The third-order valence-electron chi connectivity index (χ3n) is 3.64. The third-order valence-corrected chi connectivity index (χ3v) is 4.14. The fourth-order valence-electron chi connectivity index (χ4n) is 2.31. The normalized spacial score (nSPS) is 11.0. The minimum atomic E-state index is -0.266. The van der Waals surface area contributed by atoms with Crippen molar-refractivity contribution in [2.24, 2.45) is 4.99 Å². The number of halogens is 2. The molecule has 3 rings (SSSR count). The summed E-state index contributed by atoms with van der Waals surface area (Å²) in [7, 11) is 0. The summed E-state index contributed by atoms with van der Waals surface area (Å²) in [4.78, 5) is 4.50.